The average Bonchev–Trinajstić information content (AvgIpc) is 2.73. The van der Waals surface area contributed by atoms with Gasteiger partial charge < -0.3 is 9.15 Å². The van der Waals surface area contributed by atoms with Crippen molar-refractivity contribution in [3.63, 3.8) is 0 Å². The van der Waals surface area contributed by atoms with Gasteiger partial charge in [0.15, 0.2) is 9.84 Å². The third-order valence-electron chi connectivity index (χ3n) is 4.72. The van der Waals surface area contributed by atoms with Crippen LogP contribution >= 0.6 is 0 Å². The zero-order valence-corrected chi connectivity index (χ0v) is 16.7. The number of hydrogen-bond acceptors (Lipinski definition) is 5. The summed E-state index contributed by atoms with van der Waals surface area (Å²) in [7, 11) is -1.79. The van der Waals surface area contributed by atoms with Gasteiger partial charge in [-0.1, -0.05) is 30.3 Å². The van der Waals surface area contributed by atoms with Gasteiger partial charge in [-0.15, -0.1) is 0 Å². The normalized spacial score (nSPS) is 11.5. The van der Waals surface area contributed by atoms with Crippen LogP contribution in [0.2, 0.25) is 0 Å². The first-order valence-electron chi connectivity index (χ1n) is 8.90. The monoisotopic (exact) mass is 406 g/mol. The lowest BCUT2D eigenvalue weighted by atomic mass is 9.97. The van der Waals surface area contributed by atoms with Gasteiger partial charge in [-0.25, -0.2) is 8.42 Å². The van der Waals surface area contributed by atoms with Crippen LogP contribution in [0.3, 0.4) is 0 Å². The molecular formula is C23H18O5S. The standard InChI is InChI=1S/C23H18O5S/c1-27-19-9-5-3-7-17(19)21-22(24)18-8-4-6-10-20(18)28-23(21)15-11-13-16(14-12-15)29(2,25)26/h3-14H,1-2H3. The lowest BCUT2D eigenvalue weighted by Crippen LogP contribution is -2.08. The van der Waals surface area contributed by atoms with Gasteiger partial charge in [-0.2, -0.15) is 0 Å². The Bertz CT molecular complexity index is 1370. The quantitative estimate of drug-likeness (QED) is 0.497. The molecule has 6 heteroatoms. The van der Waals surface area contributed by atoms with Crippen LogP contribution in [-0.2, 0) is 9.84 Å². The van der Waals surface area contributed by atoms with E-state index in [0.29, 0.717) is 39.2 Å². The van der Waals surface area contributed by atoms with Crippen molar-refractivity contribution in [2.75, 3.05) is 13.4 Å². The first-order chi connectivity index (χ1) is 13.9. The van der Waals surface area contributed by atoms with E-state index >= 15 is 0 Å². The lowest BCUT2D eigenvalue weighted by molar-refractivity contribution is 0.416. The molecule has 5 nitrogen and oxygen atoms in total. The van der Waals surface area contributed by atoms with Crippen molar-refractivity contribution in [3.05, 3.63) is 83.0 Å². The Kier molecular flexibility index (Phi) is 4.72. The maximum atomic E-state index is 13.4. The fourth-order valence-corrected chi connectivity index (χ4v) is 3.93. The number of benzene rings is 3. The molecule has 0 spiro atoms. The summed E-state index contributed by atoms with van der Waals surface area (Å²) in [5.74, 6) is 0.905. The van der Waals surface area contributed by atoms with Crippen LogP contribution in [0, 0.1) is 0 Å². The maximum Gasteiger partial charge on any atom is 0.201 e. The predicted octanol–water partition coefficient (Wildman–Crippen LogP) is 4.54. The van der Waals surface area contributed by atoms with Crippen molar-refractivity contribution >= 4 is 20.8 Å². The molecular weight excluding hydrogens is 388 g/mol. The Morgan fingerprint density at radius 2 is 1.52 bits per heavy atom. The molecule has 0 aliphatic carbocycles. The van der Waals surface area contributed by atoms with E-state index in [9.17, 15) is 13.2 Å². The molecule has 0 aliphatic rings. The minimum atomic E-state index is -3.33. The summed E-state index contributed by atoms with van der Waals surface area (Å²) in [6.07, 6.45) is 1.15. The summed E-state index contributed by atoms with van der Waals surface area (Å²) in [6, 6.07) is 20.6. The van der Waals surface area contributed by atoms with E-state index in [1.807, 2.05) is 12.1 Å². The molecule has 0 N–H and O–H groups in total. The molecule has 0 saturated heterocycles. The zero-order chi connectivity index (χ0) is 20.6. The van der Waals surface area contributed by atoms with Crippen LogP contribution in [0.1, 0.15) is 0 Å². The Balaban J connectivity index is 2.06. The highest BCUT2D eigenvalue weighted by Gasteiger charge is 2.20. The van der Waals surface area contributed by atoms with E-state index in [4.69, 9.17) is 9.15 Å². The molecule has 0 bridgehead atoms. The topological polar surface area (TPSA) is 73.6 Å². The SMILES string of the molecule is COc1ccccc1-c1c(-c2ccc(S(C)(=O)=O)cc2)oc2ccccc2c1=O. The zero-order valence-electron chi connectivity index (χ0n) is 15.9. The Morgan fingerprint density at radius 3 is 2.21 bits per heavy atom. The summed E-state index contributed by atoms with van der Waals surface area (Å²) in [5.41, 5.74) is 1.85. The maximum absolute atomic E-state index is 13.4. The van der Waals surface area contributed by atoms with E-state index < -0.39 is 9.84 Å². The van der Waals surface area contributed by atoms with Crippen molar-refractivity contribution < 1.29 is 17.6 Å². The van der Waals surface area contributed by atoms with Gasteiger partial charge in [0, 0.05) is 17.4 Å². The van der Waals surface area contributed by atoms with Crippen LogP contribution in [0.5, 0.6) is 5.75 Å². The van der Waals surface area contributed by atoms with Gasteiger partial charge in [0.2, 0.25) is 5.43 Å². The van der Waals surface area contributed by atoms with E-state index in [0.717, 1.165) is 6.26 Å². The molecule has 3 aromatic carbocycles. The molecule has 0 saturated carbocycles. The molecule has 0 radical (unpaired) electrons. The summed E-state index contributed by atoms with van der Waals surface area (Å²) < 4.78 is 35.2. The van der Waals surface area contributed by atoms with Gasteiger partial charge in [-0.05, 0) is 42.5 Å². The molecule has 0 amide bonds. The smallest absolute Gasteiger partial charge is 0.201 e. The fourth-order valence-electron chi connectivity index (χ4n) is 3.29. The van der Waals surface area contributed by atoms with Gasteiger partial charge in [0.05, 0.1) is 23.0 Å². The van der Waals surface area contributed by atoms with Crippen LogP contribution < -0.4 is 10.2 Å². The van der Waals surface area contributed by atoms with Gasteiger partial charge in [0.1, 0.15) is 17.1 Å². The van der Waals surface area contributed by atoms with Gasteiger partial charge in [-0.3, -0.25) is 4.79 Å². The lowest BCUT2D eigenvalue weighted by Gasteiger charge is -2.13. The average molecular weight is 406 g/mol. The second-order valence-electron chi connectivity index (χ2n) is 6.63. The second-order valence-corrected chi connectivity index (χ2v) is 8.64. The van der Waals surface area contributed by atoms with E-state index in [-0.39, 0.29) is 10.3 Å². The van der Waals surface area contributed by atoms with Crippen LogP contribution in [0.15, 0.2) is 86.9 Å². The molecule has 4 aromatic rings. The predicted molar refractivity (Wildman–Crippen MR) is 113 cm³/mol. The molecule has 0 unspecified atom stereocenters. The second kappa shape index (κ2) is 7.22. The van der Waals surface area contributed by atoms with Crippen LogP contribution in [0.4, 0.5) is 0 Å². The van der Waals surface area contributed by atoms with E-state index in [1.54, 1.807) is 55.6 Å². The largest absolute Gasteiger partial charge is 0.496 e. The van der Waals surface area contributed by atoms with Crippen molar-refractivity contribution in [3.8, 4) is 28.2 Å². The third kappa shape index (κ3) is 3.43. The summed E-state index contributed by atoms with van der Waals surface area (Å²) in [4.78, 5) is 13.6. The molecule has 0 aliphatic heterocycles. The number of ether oxygens (including phenoxy) is 1. The van der Waals surface area contributed by atoms with Crippen LogP contribution in [-0.4, -0.2) is 21.8 Å². The number of rotatable bonds is 4. The fraction of sp³-hybridized carbons (Fsp3) is 0.0870. The highest BCUT2D eigenvalue weighted by molar-refractivity contribution is 7.90. The first-order valence-corrected chi connectivity index (χ1v) is 10.8. The van der Waals surface area contributed by atoms with Crippen molar-refractivity contribution in [1.82, 2.24) is 0 Å². The summed E-state index contributed by atoms with van der Waals surface area (Å²) >= 11 is 0. The number of methoxy groups -OCH3 is 1. The number of para-hydroxylation sites is 2. The van der Waals surface area contributed by atoms with Gasteiger partial charge in [0.25, 0.3) is 0 Å². The highest BCUT2D eigenvalue weighted by atomic mass is 32.2. The molecule has 0 fully saturated rings. The molecule has 29 heavy (non-hydrogen) atoms. The first kappa shape index (κ1) is 19.0. The number of fused-ring (bicyclic) bond motifs is 1. The highest BCUT2D eigenvalue weighted by Crippen LogP contribution is 2.37. The third-order valence-corrected chi connectivity index (χ3v) is 5.85. The molecule has 4 rings (SSSR count). The minimum Gasteiger partial charge on any atom is -0.496 e. The van der Waals surface area contributed by atoms with Crippen molar-refractivity contribution in [1.29, 1.82) is 0 Å². The summed E-state index contributed by atoms with van der Waals surface area (Å²) in [5, 5.41) is 0.463. The Hall–Kier alpha value is -3.38. The number of hydrogen-bond donors (Lipinski definition) is 0. The summed E-state index contributed by atoms with van der Waals surface area (Å²) in [6.45, 7) is 0. The minimum absolute atomic E-state index is 0.182. The molecule has 0 atom stereocenters. The van der Waals surface area contributed by atoms with E-state index in [1.165, 1.54) is 12.1 Å². The van der Waals surface area contributed by atoms with Gasteiger partial charge >= 0.3 is 0 Å². The Labute approximate surface area is 168 Å². The van der Waals surface area contributed by atoms with Crippen LogP contribution in [0.25, 0.3) is 33.4 Å². The number of sulfone groups is 1. The van der Waals surface area contributed by atoms with E-state index in [2.05, 4.69) is 0 Å². The Morgan fingerprint density at radius 1 is 0.862 bits per heavy atom. The van der Waals surface area contributed by atoms with Crippen molar-refractivity contribution in [2.45, 2.75) is 4.90 Å². The molecule has 1 heterocycles. The molecule has 1 aromatic heterocycles. The van der Waals surface area contributed by atoms with Crippen molar-refractivity contribution in [2.24, 2.45) is 0 Å². The molecule has 146 valence electrons.